The zero-order valence-electron chi connectivity index (χ0n) is 11.7. The van der Waals surface area contributed by atoms with Gasteiger partial charge < -0.3 is 15.0 Å². The number of nitrogens with one attached hydrogen (secondary N) is 1. The zero-order valence-corrected chi connectivity index (χ0v) is 11.7. The van der Waals surface area contributed by atoms with Crippen LogP contribution in [0.4, 0.5) is 0 Å². The molecule has 2 aromatic rings. The minimum Gasteiger partial charge on any atom is -0.393 e. The van der Waals surface area contributed by atoms with Gasteiger partial charge in [0.15, 0.2) is 0 Å². The predicted octanol–water partition coefficient (Wildman–Crippen LogP) is 2.51. The van der Waals surface area contributed by atoms with E-state index in [1.54, 1.807) is 0 Å². The summed E-state index contributed by atoms with van der Waals surface area (Å²) in [7, 11) is 0. The molecule has 19 heavy (non-hydrogen) atoms. The van der Waals surface area contributed by atoms with Crippen LogP contribution >= 0.6 is 0 Å². The maximum atomic E-state index is 10.1. The van der Waals surface area contributed by atoms with E-state index in [0.29, 0.717) is 0 Å². The molecule has 0 fully saturated rings. The first-order valence-electron chi connectivity index (χ1n) is 7.20. The van der Waals surface area contributed by atoms with Crippen LogP contribution in [0.25, 0.3) is 10.9 Å². The molecule has 0 saturated heterocycles. The Morgan fingerprint density at radius 1 is 1.42 bits per heavy atom. The highest BCUT2D eigenvalue weighted by Gasteiger charge is 2.28. The molecule has 0 amide bonds. The molecule has 1 aliphatic rings. The second-order valence-electron chi connectivity index (χ2n) is 5.55. The minimum atomic E-state index is -0.320. The van der Waals surface area contributed by atoms with E-state index in [9.17, 15) is 5.11 Å². The van der Waals surface area contributed by atoms with Crippen molar-refractivity contribution in [3.63, 3.8) is 0 Å². The van der Waals surface area contributed by atoms with E-state index in [1.165, 1.54) is 22.2 Å². The Hall–Kier alpha value is -1.32. The molecule has 3 heteroatoms. The van der Waals surface area contributed by atoms with Crippen LogP contribution in [-0.4, -0.2) is 40.7 Å². The molecule has 0 saturated carbocycles. The summed E-state index contributed by atoms with van der Waals surface area (Å²) >= 11 is 0. The highest BCUT2D eigenvalue weighted by Crippen LogP contribution is 2.33. The van der Waals surface area contributed by atoms with Crippen molar-refractivity contribution in [2.24, 2.45) is 0 Å². The van der Waals surface area contributed by atoms with Gasteiger partial charge in [0, 0.05) is 35.6 Å². The molecular weight excluding hydrogens is 236 g/mol. The molecular formula is C16H22N2O. The SMILES string of the molecule is CCN1CCc2c([nH]c3ccccc23)C(C(C)O)C1. The molecule has 2 atom stereocenters. The van der Waals surface area contributed by atoms with E-state index in [2.05, 4.69) is 41.1 Å². The Balaban J connectivity index is 2.12. The smallest absolute Gasteiger partial charge is 0.0607 e. The summed E-state index contributed by atoms with van der Waals surface area (Å²) in [6, 6.07) is 8.47. The number of likely N-dealkylation sites (N-methyl/N-ethyl adjacent to an activating group) is 1. The molecule has 0 spiro atoms. The second kappa shape index (κ2) is 4.99. The number of aromatic amines is 1. The lowest BCUT2D eigenvalue weighted by Gasteiger charge is -2.24. The summed E-state index contributed by atoms with van der Waals surface area (Å²) in [5.74, 6) is 0.185. The van der Waals surface area contributed by atoms with Crippen LogP contribution in [0, 0.1) is 0 Å². The number of fused-ring (bicyclic) bond motifs is 3. The average Bonchev–Trinajstić information content (AvgIpc) is 2.66. The van der Waals surface area contributed by atoms with Crippen molar-refractivity contribution in [3.8, 4) is 0 Å². The maximum absolute atomic E-state index is 10.1. The van der Waals surface area contributed by atoms with Gasteiger partial charge in [-0.3, -0.25) is 0 Å². The van der Waals surface area contributed by atoms with Gasteiger partial charge in [-0.1, -0.05) is 25.1 Å². The van der Waals surface area contributed by atoms with Crippen molar-refractivity contribution >= 4 is 10.9 Å². The van der Waals surface area contributed by atoms with Gasteiger partial charge in [0.2, 0.25) is 0 Å². The van der Waals surface area contributed by atoms with Crippen LogP contribution < -0.4 is 0 Å². The Kier molecular flexibility index (Phi) is 3.33. The van der Waals surface area contributed by atoms with E-state index < -0.39 is 0 Å². The largest absolute Gasteiger partial charge is 0.393 e. The van der Waals surface area contributed by atoms with Crippen molar-refractivity contribution < 1.29 is 5.11 Å². The number of H-pyrrole nitrogens is 1. The molecule has 1 aromatic carbocycles. The van der Waals surface area contributed by atoms with Crippen molar-refractivity contribution in [2.75, 3.05) is 19.6 Å². The van der Waals surface area contributed by atoms with Crippen LogP contribution in [0.2, 0.25) is 0 Å². The molecule has 102 valence electrons. The number of hydrogen-bond donors (Lipinski definition) is 2. The van der Waals surface area contributed by atoms with Gasteiger partial charge in [0.25, 0.3) is 0 Å². The summed E-state index contributed by atoms with van der Waals surface area (Å²) in [6.07, 6.45) is 0.745. The number of rotatable bonds is 2. The van der Waals surface area contributed by atoms with Gasteiger partial charge in [-0.15, -0.1) is 0 Å². The van der Waals surface area contributed by atoms with E-state index >= 15 is 0 Å². The third-order valence-corrected chi connectivity index (χ3v) is 4.38. The Morgan fingerprint density at radius 2 is 2.21 bits per heavy atom. The van der Waals surface area contributed by atoms with Crippen molar-refractivity contribution in [1.82, 2.24) is 9.88 Å². The van der Waals surface area contributed by atoms with Gasteiger partial charge in [-0.05, 0) is 31.5 Å². The molecule has 3 rings (SSSR count). The molecule has 3 nitrogen and oxygen atoms in total. The quantitative estimate of drug-likeness (QED) is 0.869. The first-order chi connectivity index (χ1) is 9.20. The van der Waals surface area contributed by atoms with Crippen LogP contribution in [-0.2, 0) is 6.42 Å². The fraction of sp³-hybridized carbons (Fsp3) is 0.500. The van der Waals surface area contributed by atoms with Gasteiger partial charge in [-0.25, -0.2) is 0 Å². The fourth-order valence-corrected chi connectivity index (χ4v) is 3.22. The lowest BCUT2D eigenvalue weighted by Crippen LogP contribution is -2.32. The predicted molar refractivity (Wildman–Crippen MR) is 78.5 cm³/mol. The highest BCUT2D eigenvalue weighted by atomic mass is 16.3. The van der Waals surface area contributed by atoms with E-state index in [-0.39, 0.29) is 12.0 Å². The van der Waals surface area contributed by atoms with Crippen LogP contribution in [0.3, 0.4) is 0 Å². The summed E-state index contributed by atoms with van der Waals surface area (Å²) in [5.41, 5.74) is 3.84. The lowest BCUT2D eigenvalue weighted by atomic mass is 9.95. The number of hydrogen-bond acceptors (Lipinski definition) is 2. The second-order valence-corrected chi connectivity index (χ2v) is 5.55. The average molecular weight is 258 g/mol. The molecule has 1 aliphatic heterocycles. The first kappa shape index (κ1) is 12.7. The third-order valence-electron chi connectivity index (χ3n) is 4.38. The van der Waals surface area contributed by atoms with Crippen LogP contribution in [0.15, 0.2) is 24.3 Å². The van der Waals surface area contributed by atoms with Gasteiger partial charge in [0.1, 0.15) is 0 Å². The van der Waals surface area contributed by atoms with E-state index in [1.807, 2.05) is 6.92 Å². The third kappa shape index (κ3) is 2.17. The van der Waals surface area contributed by atoms with Gasteiger partial charge in [0.05, 0.1) is 6.10 Å². The summed E-state index contributed by atoms with van der Waals surface area (Å²) in [4.78, 5) is 5.98. The fourth-order valence-electron chi connectivity index (χ4n) is 3.22. The summed E-state index contributed by atoms with van der Waals surface area (Å²) < 4.78 is 0. The normalized spacial score (nSPS) is 22.2. The number of para-hydroxylation sites is 1. The zero-order chi connectivity index (χ0) is 13.4. The Labute approximate surface area is 114 Å². The molecule has 0 radical (unpaired) electrons. The molecule has 0 bridgehead atoms. The number of aromatic nitrogens is 1. The standard InChI is InChI=1S/C16H22N2O/c1-3-18-9-8-13-12-6-4-5-7-15(12)17-16(13)14(10-18)11(2)19/h4-7,11,14,17,19H,3,8-10H2,1-2H3. The first-order valence-corrected chi connectivity index (χ1v) is 7.20. The number of nitrogens with zero attached hydrogens (tertiary/aromatic N) is 1. The van der Waals surface area contributed by atoms with Crippen molar-refractivity contribution in [2.45, 2.75) is 32.3 Å². The lowest BCUT2D eigenvalue weighted by molar-refractivity contribution is 0.135. The van der Waals surface area contributed by atoms with Gasteiger partial charge >= 0.3 is 0 Å². The molecule has 2 unspecified atom stereocenters. The molecule has 1 aromatic heterocycles. The topological polar surface area (TPSA) is 39.3 Å². The summed E-state index contributed by atoms with van der Waals surface area (Å²) in [5, 5.41) is 11.5. The van der Waals surface area contributed by atoms with Gasteiger partial charge in [-0.2, -0.15) is 0 Å². The van der Waals surface area contributed by atoms with E-state index in [4.69, 9.17) is 0 Å². The Morgan fingerprint density at radius 3 is 2.95 bits per heavy atom. The van der Waals surface area contributed by atoms with Crippen LogP contribution in [0.5, 0.6) is 0 Å². The minimum absolute atomic E-state index is 0.185. The number of benzene rings is 1. The van der Waals surface area contributed by atoms with Crippen molar-refractivity contribution in [3.05, 3.63) is 35.5 Å². The highest BCUT2D eigenvalue weighted by molar-refractivity contribution is 5.85. The van der Waals surface area contributed by atoms with Crippen LogP contribution in [0.1, 0.15) is 31.0 Å². The maximum Gasteiger partial charge on any atom is 0.0607 e. The summed E-state index contributed by atoms with van der Waals surface area (Å²) in [6.45, 7) is 7.16. The molecule has 2 heterocycles. The van der Waals surface area contributed by atoms with Crippen molar-refractivity contribution in [1.29, 1.82) is 0 Å². The Bertz CT molecular complexity index is 573. The molecule has 0 aliphatic carbocycles. The number of aliphatic hydroxyl groups is 1. The van der Waals surface area contributed by atoms with E-state index in [0.717, 1.165) is 26.1 Å². The monoisotopic (exact) mass is 258 g/mol. The molecule has 2 N–H and O–H groups in total. The number of aliphatic hydroxyl groups excluding tert-OH is 1.